The number of piperidine rings is 1. The number of carbonyl (C=O) groups is 2. The number of likely N-dealkylation sites (tertiary alicyclic amines) is 1. The first kappa shape index (κ1) is 21.0. The first-order chi connectivity index (χ1) is 14.8. The summed E-state index contributed by atoms with van der Waals surface area (Å²) in [6.07, 6.45) is 2.36. The number of rotatable bonds is 5. The number of benzene rings is 2. The van der Waals surface area contributed by atoms with Crippen molar-refractivity contribution in [1.29, 1.82) is 0 Å². The minimum atomic E-state index is -3.36. The summed E-state index contributed by atoms with van der Waals surface area (Å²) in [5.41, 5.74) is 1.39. The molecule has 2 amide bonds. The zero-order valence-electron chi connectivity index (χ0n) is 17.0. The Bertz CT molecular complexity index is 1090. The number of sulfonamides is 1. The molecule has 0 radical (unpaired) electrons. The van der Waals surface area contributed by atoms with Crippen LogP contribution >= 0.6 is 0 Å². The van der Waals surface area contributed by atoms with Gasteiger partial charge in [-0.1, -0.05) is 0 Å². The quantitative estimate of drug-likeness (QED) is 0.726. The van der Waals surface area contributed by atoms with Gasteiger partial charge in [-0.15, -0.1) is 0 Å². The third-order valence-corrected chi connectivity index (χ3v) is 5.79. The first-order valence-corrected chi connectivity index (χ1v) is 11.8. The minimum Gasteiger partial charge on any atom is -0.454 e. The molecule has 1 fully saturated rings. The fourth-order valence-electron chi connectivity index (χ4n) is 3.61. The van der Waals surface area contributed by atoms with Gasteiger partial charge in [-0.3, -0.25) is 14.3 Å². The van der Waals surface area contributed by atoms with Crippen LogP contribution in [0.5, 0.6) is 11.5 Å². The number of carbonyl (C=O) groups excluding carboxylic acids is 2. The van der Waals surface area contributed by atoms with E-state index in [9.17, 15) is 18.0 Å². The largest absolute Gasteiger partial charge is 0.454 e. The maximum Gasteiger partial charge on any atom is 0.253 e. The standard InChI is InChI=1S/C21H23N3O6S/c1-31(27,28)23-17-5-2-14(3-6-17)20(25)22-16-8-10-24(11-9-16)21(26)15-4-7-18-19(12-15)30-13-29-18/h2-7,12,16,23H,8-11,13H2,1H3,(H,22,25). The smallest absolute Gasteiger partial charge is 0.253 e. The van der Waals surface area contributed by atoms with E-state index in [1.165, 1.54) is 0 Å². The lowest BCUT2D eigenvalue weighted by molar-refractivity contribution is 0.0697. The van der Waals surface area contributed by atoms with E-state index >= 15 is 0 Å². The molecular weight excluding hydrogens is 422 g/mol. The van der Waals surface area contributed by atoms with Crippen LogP contribution in [0.2, 0.25) is 0 Å². The van der Waals surface area contributed by atoms with E-state index in [1.54, 1.807) is 47.4 Å². The number of anilines is 1. The molecule has 1 saturated heterocycles. The Morgan fingerprint density at radius 1 is 0.968 bits per heavy atom. The topological polar surface area (TPSA) is 114 Å². The summed E-state index contributed by atoms with van der Waals surface area (Å²) < 4.78 is 35.5. The second-order valence-electron chi connectivity index (χ2n) is 7.56. The summed E-state index contributed by atoms with van der Waals surface area (Å²) in [6.45, 7) is 1.24. The first-order valence-electron chi connectivity index (χ1n) is 9.86. The Morgan fingerprint density at radius 3 is 2.29 bits per heavy atom. The van der Waals surface area contributed by atoms with Gasteiger partial charge < -0.3 is 19.7 Å². The summed E-state index contributed by atoms with van der Waals surface area (Å²) in [6, 6.07) is 11.3. The van der Waals surface area contributed by atoms with Crippen LogP contribution in [0.3, 0.4) is 0 Å². The fourth-order valence-corrected chi connectivity index (χ4v) is 4.18. The summed E-state index contributed by atoms with van der Waals surface area (Å²) in [5.74, 6) is 0.910. The van der Waals surface area contributed by atoms with Gasteiger partial charge in [-0.2, -0.15) is 0 Å². The predicted molar refractivity (Wildman–Crippen MR) is 114 cm³/mol. The Morgan fingerprint density at radius 2 is 1.61 bits per heavy atom. The molecule has 0 aromatic heterocycles. The molecule has 0 aliphatic carbocycles. The van der Waals surface area contributed by atoms with Crippen molar-refractivity contribution < 1.29 is 27.5 Å². The van der Waals surface area contributed by atoms with Crippen LogP contribution in [-0.4, -0.2) is 57.3 Å². The zero-order chi connectivity index (χ0) is 22.0. The van der Waals surface area contributed by atoms with E-state index in [-0.39, 0.29) is 24.6 Å². The molecule has 31 heavy (non-hydrogen) atoms. The molecule has 2 N–H and O–H groups in total. The van der Waals surface area contributed by atoms with Gasteiger partial charge in [0.05, 0.1) is 6.26 Å². The van der Waals surface area contributed by atoms with Gasteiger partial charge in [0.2, 0.25) is 16.8 Å². The fraction of sp³-hybridized carbons (Fsp3) is 0.333. The molecule has 2 aromatic rings. The molecular formula is C21H23N3O6S. The van der Waals surface area contributed by atoms with E-state index in [1.807, 2.05) is 0 Å². The highest BCUT2D eigenvalue weighted by atomic mass is 32.2. The van der Waals surface area contributed by atoms with E-state index in [2.05, 4.69) is 10.0 Å². The predicted octanol–water partition coefficient (Wildman–Crippen LogP) is 1.82. The lowest BCUT2D eigenvalue weighted by Gasteiger charge is -2.32. The Kier molecular flexibility index (Phi) is 5.73. The van der Waals surface area contributed by atoms with Crippen LogP contribution in [0.25, 0.3) is 0 Å². The Hall–Kier alpha value is -3.27. The van der Waals surface area contributed by atoms with Crippen molar-refractivity contribution in [1.82, 2.24) is 10.2 Å². The number of ether oxygens (including phenoxy) is 2. The van der Waals surface area contributed by atoms with E-state index < -0.39 is 10.0 Å². The summed E-state index contributed by atoms with van der Waals surface area (Å²) in [4.78, 5) is 27.0. The highest BCUT2D eigenvalue weighted by Crippen LogP contribution is 2.33. The summed E-state index contributed by atoms with van der Waals surface area (Å²) in [5, 5.41) is 2.98. The molecule has 164 valence electrons. The number of hydrogen-bond acceptors (Lipinski definition) is 6. The van der Waals surface area contributed by atoms with Gasteiger partial charge in [-0.25, -0.2) is 8.42 Å². The maximum absolute atomic E-state index is 12.8. The zero-order valence-corrected chi connectivity index (χ0v) is 17.8. The average Bonchev–Trinajstić information content (AvgIpc) is 3.21. The molecule has 0 unspecified atom stereocenters. The van der Waals surface area contributed by atoms with Crippen molar-refractivity contribution in [3.05, 3.63) is 53.6 Å². The molecule has 2 aliphatic heterocycles. The maximum atomic E-state index is 12.8. The molecule has 0 atom stereocenters. The summed E-state index contributed by atoms with van der Waals surface area (Å²) in [7, 11) is -3.36. The van der Waals surface area contributed by atoms with Gasteiger partial charge in [-0.05, 0) is 55.3 Å². The molecule has 9 nitrogen and oxygen atoms in total. The van der Waals surface area contributed by atoms with Crippen molar-refractivity contribution >= 4 is 27.5 Å². The van der Waals surface area contributed by atoms with Crippen molar-refractivity contribution in [2.45, 2.75) is 18.9 Å². The summed E-state index contributed by atoms with van der Waals surface area (Å²) >= 11 is 0. The van der Waals surface area contributed by atoms with Gasteiger partial charge in [0.25, 0.3) is 11.8 Å². The van der Waals surface area contributed by atoms with Crippen LogP contribution in [0.1, 0.15) is 33.6 Å². The molecule has 0 saturated carbocycles. The molecule has 10 heteroatoms. The third kappa shape index (κ3) is 5.08. The van der Waals surface area contributed by atoms with Crippen LogP contribution in [0.15, 0.2) is 42.5 Å². The van der Waals surface area contributed by atoms with Crippen molar-refractivity contribution in [2.24, 2.45) is 0 Å². The SMILES string of the molecule is CS(=O)(=O)Nc1ccc(C(=O)NC2CCN(C(=O)c3ccc4c(c3)OCO4)CC2)cc1. The van der Waals surface area contributed by atoms with Crippen molar-refractivity contribution in [2.75, 3.05) is 30.9 Å². The second-order valence-corrected chi connectivity index (χ2v) is 9.31. The van der Waals surface area contributed by atoms with E-state index in [0.29, 0.717) is 54.2 Å². The monoisotopic (exact) mass is 445 g/mol. The Balaban J connectivity index is 1.29. The van der Waals surface area contributed by atoms with Crippen LogP contribution < -0.4 is 19.5 Å². The number of hydrogen-bond donors (Lipinski definition) is 2. The lowest BCUT2D eigenvalue weighted by atomic mass is 10.0. The minimum absolute atomic E-state index is 0.0397. The van der Waals surface area contributed by atoms with Gasteiger partial charge in [0.1, 0.15) is 0 Å². The number of nitrogens with zero attached hydrogens (tertiary/aromatic N) is 1. The average molecular weight is 445 g/mol. The van der Waals surface area contributed by atoms with Gasteiger partial charge >= 0.3 is 0 Å². The Labute approximate surface area is 180 Å². The molecule has 2 aromatic carbocycles. The number of fused-ring (bicyclic) bond motifs is 1. The lowest BCUT2D eigenvalue weighted by Crippen LogP contribution is -2.46. The normalized spacial score (nSPS) is 16.1. The van der Waals surface area contributed by atoms with Crippen LogP contribution in [-0.2, 0) is 10.0 Å². The number of nitrogens with one attached hydrogen (secondary N) is 2. The third-order valence-electron chi connectivity index (χ3n) is 5.19. The van der Waals surface area contributed by atoms with E-state index in [4.69, 9.17) is 9.47 Å². The molecule has 0 bridgehead atoms. The van der Waals surface area contributed by atoms with Gasteiger partial charge in [0, 0.05) is 35.9 Å². The van der Waals surface area contributed by atoms with Crippen molar-refractivity contribution in [3.8, 4) is 11.5 Å². The van der Waals surface area contributed by atoms with Crippen LogP contribution in [0.4, 0.5) is 5.69 Å². The molecule has 2 heterocycles. The highest BCUT2D eigenvalue weighted by Gasteiger charge is 2.26. The second kappa shape index (κ2) is 8.46. The van der Waals surface area contributed by atoms with Crippen molar-refractivity contribution in [3.63, 3.8) is 0 Å². The molecule has 2 aliphatic rings. The molecule has 0 spiro atoms. The van der Waals surface area contributed by atoms with Crippen LogP contribution in [0, 0.1) is 0 Å². The number of amides is 2. The van der Waals surface area contributed by atoms with E-state index in [0.717, 1.165) is 6.26 Å². The highest BCUT2D eigenvalue weighted by molar-refractivity contribution is 7.92. The van der Waals surface area contributed by atoms with Gasteiger partial charge in [0.15, 0.2) is 11.5 Å². The molecule has 4 rings (SSSR count).